The van der Waals surface area contributed by atoms with E-state index in [2.05, 4.69) is 59.7 Å². The molecule has 0 aliphatic rings. The summed E-state index contributed by atoms with van der Waals surface area (Å²) in [7, 11) is 0. The van der Waals surface area contributed by atoms with Gasteiger partial charge in [0.25, 0.3) is 0 Å². The van der Waals surface area contributed by atoms with Crippen molar-refractivity contribution in [2.24, 2.45) is 5.92 Å². The van der Waals surface area contributed by atoms with Gasteiger partial charge in [0.05, 0.1) is 0 Å². The van der Waals surface area contributed by atoms with Crippen LogP contribution >= 0.6 is 0 Å². The standard InChI is InChI=1S/C16H26/c1-11(2)9-15-8-7-14(12(3)4)10-16(15)13(5)6/h7-8,10-13H,9H2,1-6H3. The lowest BCUT2D eigenvalue weighted by atomic mass is 9.88. The molecule has 0 saturated heterocycles. The smallest absolute Gasteiger partial charge is 0.0216 e. The highest BCUT2D eigenvalue weighted by molar-refractivity contribution is 5.35. The Hall–Kier alpha value is -0.780. The van der Waals surface area contributed by atoms with Gasteiger partial charge in [-0.2, -0.15) is 0 Å². The quantitative estimate of drug-likeness (QED) is 0.657. The maximum atomic E-state index is 2.41. The molecule has 0 aromatic heterocycles. The summed E-state index contributed by atoms with van der Waals surface area (Å²) in [5, 5.41) is 0. The van der Waals surface area contributed by atoms with Crippen molar-refractivity contribution in [3.63, 3.8) is 0 Å². The van der Waals surface area contributed by atoms with Crippen LogP contribution in [0.4, 0.5) is 0 Å². The van der Waals surface area contributed by atoms with Crippen molar-refractivity contribution in [1.82, 2.24) is 0 Å². The SMILES string of the molecule is CC(C)Cc1ccc(C(C)C)cc1C(C)C. The first-order chi connectivity index (χ1) is 7.41. The zero-order valence-corrected chi connectivity index (χ0v) is 11.7. The highest BCUT2D eigenvalue weighted by Gasteiger charge is 2.10. The van der Waals surface area contributed by atoms with Crippen molar-refractivity contribution >= 4 is 0 Å². The lowest BCUT2D eigenvalue weighted by molar-refractivity contribution is 0.637. The second-order valence-electron chi connectivity index (χ2n) is 5.87. The fourth-order valence-electron chi connectivity index (χ4n) is 2.14. The normalized spacial score (nSPS) is 11.8. The summed E-state index contributed by atoms with van der Waals surface area (Å²) in [5.74, 6) is 2.00. The minimum Gasteiger partial charge on any atom is -0.0625 e. The van der Waals surface area contributed by atoms with Crippen molar-refractivity contribution in [3.8, 4) is 0 Å². The average Bonchev–Trinajstić information content (AvgIpc) is 2.16. The minimum absolute atomic E-state index is 0.630. The summed E-state index contributed by atoms with van der Waals surface area (Å²) >= 11 is 0. The lowest BCUT2D eigenvalue weighted by Gasteiger charge is -2.17. The van der Waals surface area contributed by atoms with Gasteiger partial charge in [-0.05, 0) is 40.9 Å². The van der Waals surface area contributed by atoms with Crippen LogP contribution in [-0.4, -0.2) is 0 Å². The summed E-state index contributed by atoms with van der Waals surface area (Å²) in [6.07, 6.45) is 1.20. The molecule has 0 nitrogen and oxygen atoms in total. The molecular weight excluding hydrogens is 192 g/mol. The van der Waals surface area contributed by atoms with E-state index in [-0.39, 0.29) is 0 Å². The first-order valence-corrected chi connectivity index (χ1v) is 6.54. The third kappa shape index (κ3) is 3.37. The molecule has 0 fully saturated rings. The highest BCUT2D eigenvalue weighted by Crippen LogP contribution is 2.26. The molecule has 0 aliphatic heterocycles. The Kier molecular flexibility index (Phi) is 4.58. The van der Waals surface area contributed by atoms with Crippen LogP contribution in [0.3, 0.4) is 0 Å². The number of benzene rings is 1. The predicted molar refractivity (Wildman–Crippen MR) is 73.2 cm³/mol. The fourth-order valence-corrected chi connectivity index (χ4v) is 2.14. The Morgan fingerprint density at radius 1 is 0.875 bits per heavy atom. The monoisotopic (exact) mass is 218 g/mol. The molecular formula is C16H26. The van der Waals surface area contributed by atoms with Gasteiger partial charge >= 0.3 is 0 Å². The summed E-state index contributed by atoms with van der Waals surface area (Å²) < 4.78 is 0. The first kappa shape index (κ1) is 13.3. The Morgan fingerprint density at radius 2 is 1.50 bits per heavy atom. The zero-order valence-electron chi connectivity index (χ0n) is 11.7. The second kappa shape index (κ2) is 5.52. The van der Waals surface area contributed by atoms with E-state index in [9.17, 15) is 0 Å². The van der Waals surface area contributed by atoms with Gasteiger partial charge in [-0.15, -0.1) is 0 Å². The van der Waals surface area contributed by atoms with Crippen molar-refractivity contribution in [1.29, 1.82) is 0 Å². The van der Waals surface area contributed by atoms with E-state index < -0.39 is 0 Å². The Balaban J connectivity index is 3.09. The molecule has 0 amide bonds. The van der Waals surface area contributed by atoms with Gasteiger partial charge in [0, 0.05) is 0 Å². The second-order valence-corrected chi connectivity index (χ2v) is 5.87. The molecule has 0 unspecified atom stereocenters. The van der Waals surface area contributed by atoms with Gasteiger partial charge in [-0.25, -0.2) is 0 Å². The molecule has 0 heteroatoms. The minimum atomic E-state index is 0.630. The fraction of sp³-hybridized carbons (Fsp3) is 0.625. The van der Waals surface area contributed by atoms with Crippen LogP contribution in [0.25, 0.3) is 0 Å². The van der Waals surface area contributed by atoms with E-state index in [0.717, 1.165) is 5.92 Å². The van der Waals surface area contributed by atoms with Crippen LogP contribution in [0.2, 0.25) is 0 Å². The molecule has 0 aliphatic carbocycles. The molecule has 0 atom stereocenters. The molecule has 0 spiro atoms. The third-order valence-corrected chi connectivity index (χ3v) is 3.09. The summed E-state index contributed by atoms with van der Waals surface area (Å²) in [6, 6.07) is 7.05. The summed E-state index contributed by atoms with van der Waals surface area (Å²) in [5.41, 5.74) is 4.55. The van der Waals surface area contributed by atoms with Crippen LogP contribution in [0.1, 0.15) is 70.1 Å². The maximum Gasteiger partial charge on any atom is -0.0216 e. The molecule has 0 saturated carbocycles. The molecule has 0 N–H and O–H groups in total. The van der Waals surface area contributed by atoms with Gasteiger partial charge in [0.2, 0.25) is 0 Å². The van der Waals surface area contributed by atoms with Crippen LogP contribution in [0, 0.1) is 5.92 Å². The van der Waals surface area contributed by atoms with E-state index in [1.54, 1.807) is 5.56 Å². The number of hydrogen-bond donors (Lipinski definition) is 0. The molecule has 1 aromatic rings. The molecule has 1 rings (SSSR count). The molecule has 16 heavy (non-hydrogen) atoms. The largest absolute Gasteiger partial charge is 0.0625 e. The number of rotatable bonds is 4. The predicted octanol–water partition coefficient (Wildman–Crippen LogP) is 5.13. The van der Waals surface area contributed by atoms with E-state index in [0.29, 0.717) is 11.8 Å². The molecule has 0 radical (unpaired) electrons. The molecule has 0 bridgehead atoms. The van der Waals surface area contributed by atoms with Crippen molar-refractivity contribution in [2.45, 2.75) is 59.8 Å². The third-order valence-electron chi connectivity index (χ3n) is 3.09. The van der Waals surface area contributed by atoms with Crippen LogP contribution < -0.4 is 0 Å². The van der Waals surface area contributed by atoms with Crippen molar-refractivity contribution in [3.05, 3.63) is 34.9 Å². The van der Waals surface area contributed by atoms with Crippen molar-refractivity contribution < 1.29 is 0 Å². The molecule has 0 heterocycles. The van der Waals surface area contributed by atoms with Gasteiger partial charge in [0.1, 0.15) is 0 Å². The van der Waals surface area contributed by atoms with Crippen molar-refractivity contribution in [2.75, 3.05) is 0 Å². The van der Waals surface area contributed by atoms with Gasteiger partial charge in [-0.1, -0.05) is 59.7 Å². The van der Waals surface area contributed by atoms with E-state index in [1.165, 1.54) is 17.5 Å². The highest BCUT2D eigenvalue weighted by atomic mass is 14.2. The lowest BCUT2D eigenvalue weighted by Crippen LogP contribution is -2.03. The average molecular weight is 218 g/mol. The van der Waals surface area contributed by atoms with E-state index >= 15 is 0 Å². The zero-order chi connectivity index (χ0) is 12.3. The summed E-state index contributed by atoms with van der Waals surface area (Å²) in [6.45, 7) is 13.7. The Bertz CT molecular complexity index is 332. The van der Waals surface area contributed by atoms with Gasteiger partial charge < -0.3 is 0 Å². The van der Waals surface area contributed by atoms with Crippen LogP contribution in [0.15, 0.2) is 18.2 Å². The summed E-state index contributed by atoms with van der Waals surface area (Å²) in [4.78, 5) is 0. The number of hydrogen-bond acceptors (Lipinski definition) is 0. The van der Waals surface area contributed by atoms with E-state index in [1.807, 2.05) is 0 Å². The first-order valence-electron chi connectivity index (χ1n) is 6.54. The van der Waals surface area contributed by atoms with Gasteiger partial charge in [0.15, 0.2) is 0 Å². The maximum absolute atomic E-state index is 2.41. The van der Waals surface area contributed by atoms with E-state index in [4.69, 9.17) is 0 Å². The topological polar surface area (TPSA) is 0 Å². The Labute approximate surface area is 101 Å². The molecule has 1 aromatic carbocycles. The Morgan fingerprint density at radius 3 is 1.94 bits per heavy atom. The van der Waals surface area contributed by atoms with Gasteiger partial charge in [-0.3, -0.25) is 0 Å². The molecule has 90 valence electrons. The van der Waals surface area contributed by atoms with Crippen LogP contribution in [0.5, 0.6) is 0 Å². The van der Waals surface area contributed by atoms with Crippen LogP contribution in [-0.2, 0) is 6.42 Å².